The van der Waals surface area contributed by atoms with Gasteiger partial charge in [-0.05, 0) is 79.9 Å². The molecule has 2 N–H and O–H groups in total. The molecular weight excluding hydrogens is 406 g/mol. The molecule has 1 unspecified atom stereocenters. The van der Waals surface area contributed by atoms with Crippen LogP contribution in [0.5, 0.6) is 5.75 Å². The number of carbonyl (C=O) groups is 2. The van der Waals surface area contributed by atoms with Gasteiger partial charge < -0.3 is 20.0 Å². The monoisotopic (exact) mass is 430 g/mol. The second kappa shape index (κ2) is 7.92. The number of carboxylic acid groups (broad SMARTS) is 1. The molecule has 8 heteroatoms. The van der Waals surface area contributed by atoms with Crippen LogP contribution in [0.4, 0.5) is 14.5 Å². The number of likely N-dealkylation sites (N-methyl/N-ethyl adjacent to an activating group) is 1. The second-order valence-electron chi connectivity index (χ2n) is 8.42. The van der Waals surface area contributed by atoms with Gasteiger partial charge in [0.05, 0.1) is 11.3 Å². The molecule has 2 aliphatic rings. The molecule has 1 spiro atoms. The molecule has 4 rings (SSSR count). The summed E-state index contributed by atoms with van der Waals surface area (Å²) >= 11 is 0. The number of halogens is 2. The number of phenols is 1. The van der Waals surface area contributed by atoms with E-state index < -0.39 is 23.1 Å². The fourth-order valence-electron chi connectivity index (χ4n) is 4.85. The van der Waals surface area contributed by atoms with Gasteiger partial charge in [-0.25, -0.2) is 8.78 Å². The predicted octanol–water partition coefficient (Wildman–Crippen LogP) is 2.92. The van der Waals surface area contributed by atoms with Crippen LogP contribution < -0.4 is 4.90 Å². The molecule has 6 nitrogen and oxygen atoms in total. The Morgan fingerprint density at radius 2 is 1.87 bits per heavy atom. The second-order valence-corrected chi connectivity index (χ2v) is 8.42. The summed E-state index contributed by atoms with van der Waals surface area (Å²) in [6.45, 7) is 1.14. The lowest BCUT2D eigenvalue weighted by Crippen LogP contribution is -2.49. The Morgan fingerprint density at radius 3 is 2.55 bits per heavy atom. The minimum Gasteiger partial charge on any atom is -0.508 e. The van der Waals surface area contributed by atoms with Gasteiger partial charge in [0.15, 0.2) is 0 Å². The van der Waals surface area contributed by atoms with Crippen LogP contribution >= 0.6 is 0 Å². The third kappa shape index (κ3) is 3.76. The summed E-state index contributed by atoms with van der Waals surface area (Å²) in [6, 6.07) is 7.97. The summed E-state index contributed by atoms with van der Waals surface area (Å²) in [5.74, 6) is -3.04. The third-order valence-corrected chi connectivity index (χ3v) is 6.58. The van der Waals surface area contributed by atoms with Gasteiger partial charge in [-0.2, -0.15) is 0 Å². The van der Waals surface area contributed by atoms with Gasteiger partial charge in [0.2, 0.25) is 5.91 Å². The van der Waals surface area contributed by atoms with Crippen molar-refractivity contribution in [3.05, 3.63) is 59.2 Å². The van der Waals surface area contributed by atoms with Crippen LogP contribution in [-0.2, 0) is 21.4 Å². The molecule has 2 aromatic carbocycles. The zero-order valence-corrected chi connectivity index (χ0v) is 17.1. The van der Waals surface area contributed by atoms with E-state index in [1.165, 1.54) is 24.3 Å². The standard InChI is InChI=1S/C23H24F2N2O4/c1-26-20-5-2-16(24)12-18(20)23(22(26)31)6-8-27(9-7-23)13-15(21(29)30)10-14-11-17(28)3-4-19(14)25/h2-5,11-12,15,28H,6-10,13H2,1H3,(H,29,30). The Balaban J connectivity index is 1.48. The summed E-state index contributed by atoms with van der Waals surface area (Å²) in [6.07, 6.45) is 0.867. The number of carboxylic acids is 1. The first kappa shape index (κ1) is 21.2. The topological polar surface area (TPSA) is 81.1 Å². The number of rotatable bonds is 5. The fourth-order valence-corrected chi connectivity index (χ4v) is 4.85. The molecule has 2 heterocycles. The van der Waals surface area contributed by atoms with E-state index in [1.807, 2.05) is 4.90 Å². The van der Waals surface area contributed by atoms with E-state index in [-0.39, 0.29) is 36.0 Å². The molecule has 1 fully saturated rings. The quantitative estimate of drug-likeness (QED) is 0.763. The van der Waals surface area contributed by atoms with Gasteiger partial charge in [0, 0.05) is 19.3 Å². The number of carbonyl (C=O) groups excluding carboxylic acids is 1. The molecular formula is C23H24F2N2O4. The van der Waals surface area contributed by atoms with Gasteiger partial charge in [-0.3, -0.25) is 9.59 Å². The Bertz CT molecular complexity index is 1030. The van der Waals surface area contributed by atoms with Gasteiger partial charge in [0.1, 0.15) is 17.4 Å². The summed E-state index contributed by atoms with van der Waals surface area (Å²) in [4.78, 5) is 28.3. The molecule has 2 aromatic rings. The minimum atomic E-state index is -1.05. The van der Waals surface area contributed by atoms with Crippen LogP contribution in [0.15, 0.2) is 36.4 Å². The van der Waals surface area contributed by atoms with Crippen molar-refractivity contribution in [2.45, 2.75) is 24.7 Å². The predicted molar refractivity (Wildman–Crippen MR) is 110 cm³/mol. The molecule has 1 saturated heterocycles. The van der Waals surface area contributed by atoms with Gasteiger partial charge in [-0.1, -0.05) is 0 Å². The van der Waals surface area contributed by atoms with Crippen LogP contribution in [0.1, 0.15) is 24.0 Å². The molecule has 0 aliphatic carbocycles. The smallest absolute Gasteiger partial charge is 0.308 e. The lowest BCUT2D eigenvalue weighted by Gasteiger charge is -2.39. The summed E-state index contributed by atoms with van der Waals surface area (Å²) in [5.41, 5.74) is 0.760. The highest BCUT2D eigenvalue weighted by molar-refractivity contribution is 6.07. The normalized spacial score (nSPS) is 18.9. The number of fused-ring (bicyclic) bond motifs is 2. The van der Waals surface area contributed by atoms with E-state index >= 15 is 0 Å². The summed E-state index contributed by atoms with van der Waals surface area (Å²) in [7, 11) is 1.68. The lowest BCUT2D eigenvalue weighted by atomic mass is 9.73. The number of aliphatic carboxylic acids is 1. The molecule has 164 valence electrons. The Morgan fingerprint density at radius 1 is 1.16 bits per heavy atom. The molecule has 1 amide bonds. The Kier molecular flexibility index (Phi) is 5.43. The van der Waals surface area contributed by atoms with Crippen molar-refractivity contribution >= 4 is 17.6 Å². The van der Waals surface area contributed by atoms with E-state index in [4.69, 9.17) is 0 Å². The van der Waals surface area contributed by atoms with Gasteiger partial charge in [0.25, 0.3) is 0 Å². The molecule has 2 aliphatic heterocycles. The first-order chi connectivity index (χ1) is 14.7. The van der Waals surface area contributed by atoms with E-state index in [9.17, 15) is 28.6 Å². The average Bonchev–Trinajstić information content (AvgIpc) is 2.93. The molecule has 0 radical (unpaired) electrons. The Labute approximate surface area is 178 Å². The van der Waals surface area contributed by atoms with Crippen molar-refractivity contribution in [2.24, 2.45) is 5.92 Å². The average molecular weight is 430 g/mol. The summed E-state index contributed by atoms with van der Waals surface area (Å²) in [5, 5.41) is 19.2. The van der Waals surface area contributed by atoms with Gasteiger partial charge >= 0.3 is 5.97 Å². The lowest BCUT2D eigenvalue weighted by molar-refractivity contribution is -0.142. The van der Waals surface area contributed by atoms with Crippen molar-refractivity contribution in [1.29, 1.82) is 0 Å². The number of hydrogen-bond acceptors (Lipinski definition) is 4. The highest BCUT2D eigenvalue weighted by atomic mass is 19.1. The maximum atomic E-state index is 14.0. The van der Waals surface area contributed by atoms with Crippen molar-refractivity contribution in [1.82, 2.24) is 4.90 Å². The van der Waals surface area contributed by atoms with Gasteiger partial charge in [-0.15, -0.1) is 0 Å². The number of aromatic hydroxyl groups is 1. The zero-order chi connectivity index (χ0) is 22.3. The molecule has 0 saturated carbocycles. The van der Waals surface area contributed by atoms with Crippen LogP contribution in [0.25, 0.3) is 0 Å². The molecule has 1 atom stereocenters. The number of piperidine rings is 1. The van der Waals surface area contributed by atoms with E-state index in [0.29, 0.717) is 37.2 Å². The molecule has 0 aromatic heterocycles. The fraction of sp³-hybridized carbons (Fsp3) is 0.391. The van der Waals surface area contributed by atoms with Crippen molar-refractivity contribution in [2.75, 3.05) is 31.6 Å². The van der Waals surface area contributed by atoms with Crippen LogP contribution in [0.3, 0.4) is 0 Å². The number of benzene rings is 2. The number of anilines is 1. The zero-order valence-electron chi connectivity index (χ0n) is 17.1. The van der Waals surface area contributed by atoms with Crippen LogP contribution in [0, 0.1) is 17.6 Å². The highest BCUT2D eigenvalue weighted by Crippen LogP contribution is 2.47. The number of phenolic OH excluding ortho intramolecular Hbond substituents is 1. The van der Waals surface area contributed by atoms with E-state index in [1.54, 1.807) is 18.0 Å². The van der Waals surface area contributed by atoms with Crippen LogP contribution in [0.2, 0.25) is 0 Å². The van der Waals surface area contributed by atoms with Crippen molar-refractivity contribution < 1.29 is 28.6 Å². The Hall–Kier alpha value is -3.00. The largest absolute Gasteiger partial charge is 0.508 e. The van der Waals surface area contributed by atoms with Crippen molar-refractivity contribution in [3.8, 4) is 5.75 Å². The molecule has 31 heavy (non-hydrogen) atoms. The number of hydrogen-bond donors (Lipinski definition) is 2. The third-order valence-electron chi connectivity index (χ3n) is 6.58. The summed E-state index contributed by atoms with van der Waals surface area (Å²) < 4.78 is 27.9. The highest BCUT2D eigenvalue weighted by Gasteiger charge is 2.51. The SMILES string of the molecule is CN1C(=O)C2(CCN(CC(Cc3cc(O)ccc3F)C(=O)O)CC2)c2cc(F)ccc21. The van der Waals surface area contributed by atoms with Crippen LogP contribution in [-0.4, -0.2) is 53.7 Å². The van der Waals surface area contributed by atoms with Crippen molar-refractivity contribution in [3.63, 3.8) is 0 Å². The first-order valence-electron chi connectivity index (χ1n) is 10.2. The maximum Gasteiger partial charge on any atom is 0.308 e. The van der Waals surface area contributed by atoms with E-state index in [0.717, 1.165) is 6.07 Å². The number of amides is 1. The first-order valence-corrected chi connectivity index (χ1v) is 10.2. The molecule has 0 bridgehead atoms. The maximum absolute atomic E-state index is 14.0. The minimum absolute atomic E-state index is 0.0487. The van der Waals surface area contributed by atoms with E-state index in [2.05, 4.69) is 0 Å². The number of nitrogens with zero attached hydrogens (tertiary/aromatic N) is 2. The number of likely N-dealkylation sites (tertiary alicyclic amines) is 1.